The molecule has 0 unspecified atom stereocenters. The van der Waals surface area contributed by atoms with Gasteiger partial charge in [-0.2, -0.15) is 0 Å². The third-order valence-corrected chi connectivity index (χ3v) is 5.98. The highest BCUT2D eigenvalue weighted by Gasteiger charge is 2.17. The van der Waals surface area contributed by atoms with Gasteiger partial charge in [-0.3, -0.25) is 9.36 Å². The van der Waals surface area contributed by atoms with Crippen molar-refractivity contribution in [2.24, 2.45) is 0 Å². The van der Waals surface area contributed by atoms with Crippen LogP contribution in [0.4, 0.5) is 5.82 Å². The Kier molecular flexibility index (Phi) is 5.97. The second kappa shape index (κ2) is 9.38. The lowest BCUT2D eigenvalue weighted by molar-refractivity contribution is 0.0951. The minimum atomic E-state index is -0.0940. The van der Waals surface area contributed by atoms with Crippen LogP contribution in [0, 0.1) is 0 Å². The van der Waals surface area contributed by atoms with Gasteiger partial charge in [-0.05, 0) is 65.6 Å². The lowest BCUT2D eigenvalue weighted by Crippen LogP contribution is -2.22. The number of hydrogen-bond donors (Lipinski definition) is 2. The second-order valence-electron chi connectivity index (χ2n) is 8.68. The van der Waals surface area contributed by atoms with Gasteiger partial charge < -0.3 is 11.1 Å². The first kappa shape index (κ1) is 22.3. The van der Waals surface area contributed by atoms with Crippen LogP contribution in [0.2, 0.25) is 0 Å². The molecule has 174 valence electrons. The van der Waals surface area contributed by atoms with Crippen molar-refractivity contribution in [3.05, 3.63) is 102 Å². The largest absolute Gasteiger partial charge is 0.383 e. The van der Waals surface area contributed by atoms with Crippen LogP contribution in [0.15, 0.2) is 85.2 Å². The molecule has 0 radical (unpaired) electrons. The van der Waals surface area contributed by atoms with E-state index < -0.39 is 0 Å². The van der Waals surface area contributed by atoms with E-state index in [0.29, 0.717) is 29.7 Å². The van der Waals surface area contributed by atoms with E-state index in [1.54, 1.807) is 12.4 Å². The quantitative estimate of drug-likeness (QED) is 0.365. The first-order valence-corrected chi connectivity index (χ1v) is 11.5. The van der Waals surface area contributed by atoms with Crippen molar-refractivity contribution in [2.75, 3.05) is 5.73 Å². The monoisotopic (exact) mass is 462 g/mol. The number of pyridine rings is 2. The van der Waals surface area contributed by atoms with Gasteiger partial charge >= 0.3 is 0 Å². The van der Waals surface area contributed by atoms with Crippen molar-refractivity contribution in [3.63, 3.8) is 0 Å². The van der Waals surface area contributed by atoms with Crippen LogP contribution in [0.1, 0.15) is 41.3 Å². The topological polar surface area (TPSA) is 98.7 Å². The number of anilines is 1. The molecule has 3 N–H and O–H groups in total. The fraction of sp³-hybridized carbons (Fsp3) is 0.143. The summed E-state index contributed by atoms with van der Waals surface area (Å²) in [6, 6.07) is 23.2. The van der Waals surface area contributed by atoms with Crippen molar-refractivity contribution < 1.29 is 4.79 Å². The van der Waals surface area contributed by atoms with Gasteiger partial charge in [0.25, 0.3) is 5.91 Å². The summed E-state index contributed by atoms with van der Waals surface area (Å²) in [6.45, 7) is 4.70. The molecule has 0 saturated carbocycles. The molecule has 5 aromatic rings. The van der Waals surface area contributed by atoms with E-state index in [9.17, 15) is 4.79 Å². The summed E-state index contributed by atoms with van der Waals surface area (Å²) < 4.78 is 1.97. The van der Waals surface area contributed by atoms with Crippen molar-refractivity contribution in [1.82, 2.24) is 24.8 Å². The molecule has 3 heterocycles. The number of nitrogens with zero attached hydrogens (tertiary/aromatic N) is 4. The lowest BCUT2D eigenvalue weighted by Gasteiger charge is -2.11. The average Bonchev–Trinajstić information content (AvgIpc) is 3.27. The summed E-state index contributed by atoms with van der Waals surface area (Å²) in [7, 11) is 0. The van der Waals surface area contributed by atoms with Gasteiger partial charge in [-0.15, -0.1) is 0 Å². The third-order valence-electron chi connectivity index (χ3n) is 5.98. The van der Waals surface area contributed by atoms with Crippen LogP contribution in [0.5, 0.6) is 0 Å². The summed E-state index contributed by atoms with van der Waals surface area (Å²) in [5.41, 5.74) is 12.1. The minimum absolute atomic E-state index is 0.0940. The molecular formula is C28H26N6O. The number of carbonyl (C=O) groups excluding carboxylic acids is 1. The molecule has 5 rings (SSSR count). The molecular weight excluding hydrogens is 436 g/mol. The Morgan fingerprint density at radius 2 is 1.66 bits per heavy atom. The predicted octanol–water partition coefficient (Wildman–Crippen LogP) is 5.12. The maximum atomic E-state index is 12.6. The van der Waals surface area contributed by atoms with Crippen molar-refractivity contribution in [1.29, 1.82) is 0 Å². The molecule has 0 saturated heterocycles. The van der Waals surface area contributed by atoms with Crippen molar-refractivity contribution in [3.8, 4) is 17.1 Å². The number of nitrogen functional groups attached to an aromatic ring is 1. The van der Waals surface area contributed by atoms with Crippen molar-refractivity contribution in [2.45, 2.75) is 26.3 Å². The Morgan fingerprint density at radius 1 is 0.943 bits per heavy atom. The summed E-state index contributed by atoms with van der Waals surface area (Å²) >= 11 is 0. The smallest absolute Gasteiger partial charge is 0.251 e. The van der Waals surface area contributed by atoms with Gasteiger partial charge in [-0.25, -0.2) is 15.0 Å². The Bertz CT molecular complexity index is 1490. The number of amides is 1. The highest BCUT2D eigenvalue weighted by molar-refractivity contribution is 5.94. The summed E-state index contributed by atoms with van der Waals surface area (Å²) in [6.07, 6.45) is 3.40. The van der Waals surface area contributed by atoms with E-state index in [-0.39, 0.29) is 5.91 Å². The molecule has 0 bridgehead atoms. The number of nitrogens with two attached hydrogens (primary N) is 1. The Hall–Kier alpha value is -4.52. The number of aromatic nitrogens is 4. The summed E-state index contributed by atoms with van der Waals surface area (Å²) in [4.78, 5) is 26.1. The standard InChI is InChI=1S/C28H26N6O/c1-18(2)20-9-11-21(12-10-20)28(35)32-17-19-7-13-22(14-8-19)34-26(23-5-3-15-30-25(23)29)33-24-6-4-16-31-27(24)34/h3-16,18H,17H2,1-2H3,(H2,29,30)(H,32,35). The first-order chi connectivity index (χ1) is 17.0. The van der Waals surface area contributed by atoms with Gasteiger partial charge in [0.1, 0.15) is 11.3 Å². The number of imidazole rings is 1. The maximum absolute atomic E-state index is 12.6. The summed E-state index contributed by atoms with van der Waals surface area (Å²) in [5.74, 6) is 1.42. The maximum Gasteiger partial charge on any atom is 0.251 e. The molecule has 0 aliphatic heterocycles. The number of rotatable bonds is 6. The van der Waals surface area contributed by atoms with Crippen LogP contribution in [0.25, 0.3) is 28.2 Å². The highest BCUT2D eigenvalue weighted by Crippen LogP contribution is 2.30. The number of benzene rings is 2. The molecule has 0 fully saturated rings. The van der Waals surface area contributed by atoms with Gasteiger partial charge in [0.05, 0.1) is 5.56 Å². The van der Waals surface area contributed by atoms with Crippen molar-refractivity contribution >= 4 is 22.9 Å². The van der Waals surface area contributed by atoms with Gasteiger partial charge in [0, 0.05) is 30.2 Å². The van der Waals surface area contributed by atoms with Crippen LogP contribution in [0.3, 0.4) is 0 Å². The molecule has 0 aliphatic carbocycles. The normalized spacial score (nSPS) is 11.2. The van der Waals surface area contributed by atoms with Crippen LogP contribution >= 0.6 is 0 Å². The molecule has 7 nitrogen and oxygen atoms in total. The van der Waals surface area contributed by atoms with Gasteiger partial charge in [0.2, 0.25) is 0 Å². The van der Waals surface area contributed by atoms with E-state index in [2.05, 4.69) is 29.1 Å². The fourth-order valence-corrected chi connectivity index (χ4v) is 4.01. The minimum Gasteiger partial charge on any atom is -0.383 e. The fourth-order valence-electron chi connectivity index (χ4n) is 4.01. The third kappa shape index (κ3) is 4.48. The summed E-state index contributed by atoms with van der Waals surface area (Å²) in [5, 5.41) is 3.00. The molecule has 0 spiro atoms. The molecule has 0 atom stereocenters. The van der Waals surface area contributed by atoms with E-state index in [1.165, 1.54) is 5.56 Å². The van der Waals surface area contributed by atoms with E-state index in [4.69, 9.17) is 10.7 Å². The van der Waals surface area contributed by atoms with Gasteiger partial charge in [0.15, 0.2) is 11.5 Å². The SMILES string of the molecule is CC(C)c1ccc(C(=O)NCc2ccc(-n3c(-c4cccnc4N)nc4cccnc43)cc2)cc1. The number of carbonyl (C=O) groups is 1. The van der Waals surface area contributed by atoms with Crippen LogP contribution in [-0.4, -0.2) is 25.4 Å². The van der Waals surface area contributed by atoms with E-state index >= 15 is 0 Å². The zero-order valence-electron chi connectivity index (χ0n) is 19.6. The Balaban J connectivity index is 1.39. The predicted molar refractivity (Wildman–Crippen MR) is 138 cm³/mol. The van der Waals surface area contributed by atoms with E-state index in [1.807, 2.05) is 77.4 Å². The van der Waals surface area contributed by atoms with Crippen LogP contribution in [-0.2, 0) is 6.54 Å². The highest BCUT2D eigenvalue weighted by atomic mass is 16.1. The molecule has 7 heteroatoms. The molecule has 1 amide bonds. The Labute approximate surface area is 203 Å². The molecule has 3 aromatic heterocycles. The molecule has 35 heavy (non-hydrogen) atoms. The number of hydrogen-bond acceptors (Lipinski definition) is 5. The van der Waals surface area contributed by atoms with Gasteiger partial charge in [-0.1, -0.05) is 38.1 Å². The number of fused-ring (bicyclic) bond motifs is 1. The Morgan fingerprint density at radius 3 is 2.37 bits per heavy atom. The molecule has 2 aromatic carbocycles. The zero-order chi connectivity index (χ0) is 24.4. The zero-order valence-corrected chi connectivity index (χ0v) is 19.6. The number of nitrogens with one attached hydrogen (secondary N) is 1. The second-order valence-corrected chi connectivity index (χ2v) is 8.68. The van der Waals surface area contributed by atoms with Crippen LogP contribution < -0.4 is 11.1 Å². The molecule has 0 aliphatic rings. The lowest BCUT2D eigenvalue weighted by atomic mass is 10.0. The average molecular weight is 463 g/mol. The first-order valence-electron chi connectivity index (χ1n) is 11.5. The van der Waals surface area contributed by atoms with E-state index in [0.717, 1.165) is 28.0 Å².